The highest BCUT2D eigenvalue weighted by molar-refractivity contribution is 7.98. The molecule has 0 atom stereocenters. The maximum Gasteiger partial charge on any atom is 0.255 e. The summed E-state index contributed by atoms with van der Waals surface area (Å²) in [5.41, 5.74) is 3.20. The average Bonchev–Trinajstić information content (AvgIpc) is 3.11. The SMILES string of the molecule is Cc1nc(CSc2ccccc2C(=O)N(C)Cc2ccc(C(C)(C)C)cc2)no1. The number of hydrogen-bond acceptors (Lipinski definition) is 5. The van der Waals surface area contributed by atoms with Crippen LogP contribution in [0.25, 0.3) is 0 Å². The molecule has 0 aliphatic rings. The van der Waals surface area contributed by atoms with E-state index in [1.54, 1.807) is 11.8 Å². The maximum atomic E-state index is 13.1. The second-order valence-electron chi connectivity index (χ2n) is 8.12. The minimum absolute atomic E-state index is 0.00251. The molecule has 0 fully saturated rings. The van der Waals surface area contributed by atoms with Gasteiger partial charge in [0.1, 0.15) is 0 Å². The second-order valence-corrected chi connectivity index (χ2v) is 9.14. The van der Waals surface area contributed by atoms with Gasteiger partial charge in [0.2, 0.25) is 5.89 Å². The highest BCUT2D eigenvalue weighted by Crippen LogP contribution is 2.27. The van der Waals surface area contributed by atoms with Gasteiger partial charge in [-0.1, -0.05) is 62.3 Å². The fraction of sp³-hybridized carbons (Fsp3) is 0.348. The molecule has 152 valence electrons. The molecule has 1 heterocycles. The molecule has 0 aliphatic carbocycles. The Bertz CT molecular complexity index is 974. The molecule has 3 rings (SSSR count). The van der Waals surface area contributed by atoms with Gasteiger partial charge in [-0.3, -0.25) is 4.79 Å². The molecular weight excluding hydrogens is 382 g/mol. The molecule has 0 aliphatic heterocycles. The van der Waals surface area contributed by atoms with Crippen LogP contribution in [0.5, 0.6) is 0 Å². The molecule has 1 aromatic heterocycles. The first-order chi connectivity index (χ1) is 13.7. The van der Waals surface area contributed by atoms with Gasteiger partial charge in [0, 0.05) is 25.4 Å². The zero-order chi connectivity index (χ0) is 21.0. The molecule has 0 radical (unpaired) electrons. The highest BCUT2D eigenvalue weighted by atomic mass is 32.2. The number of carbonyl (C=O) groups is 1. The van der Waals surface area contributed by atoms with Gasteiger partial charge < -0.3 is 9.42 Å². The van der Waals surface area contributed by atoms with Crippen molar-refractivity contribution in [1.29, 1.82) is 0 Å². The molecule has 3 aromatic rings. The Morgan fingerprint density at radius 1 is 1.10 bits per heavy atom. The molecule has 0 saturated heterocycles. The van der Waals surface area contributed by atoms with Crippen LogP contribution in [0.15, 0.2) is 57.9 Å². The molecule has 1 amide bonds. The van der Waals surface area contributed by atoms with E-state index in [9.17, 15) is 4.79 Å². The van der Waals surface area contributed by atoms with Crippen LogP contribution in [0.3, 0.4) is 0 Å². The number of hydrogen-bond donors (Lipinski definition) is 0. The van der Waals surface area contributed by atoms with Crippen molar-refractivity contribution in [2.45, 2.75) is 50.3 Å². The fourth-order valence-corrected chi connectivity index (χ4v) is 3.86. The van der Waals surface area contributed by atoms with Crippen LogP contribution in [0.1, 0.15) is 54.0 Å². The van der Waals surface area contributed by atoms with Gasteiger partial charge in [-0.25, -0.2) is 0 Å². The van der Waals surface area contributed by atoms with Gasteiger partial charge in [0.15, 0.2) is 5.82 Å². The quantitative estimate of drug-likeness (QED) is 0.521. The van der Waals surface area contributed by atoms with Gasteiger partial charge in [-0.2, -0.15) is 4.98 Å². The van der Waals surface area contributed by atoms with Crippen molar-refractivity contribution in [3.63, 3.8) is 0 Å². The molecule has 0 unspecified atom stereocenters. The van der Waals surface area contributed by atoms with Crippen molar-refractivity contribution in [1.82, 2.24) is 15.0 Å². The average molecular weight is 410 g/mol. The number of aryl methyl sites for hydroxylation is 1. The number of amides is 1. The largest absolute Gasteiger partial charge is 0.340 e. The summed E-state index contributed by atoms with van der Waals surface area (Å²) < 4.78 is 5.01. The van der Waals surface area contributed by atoms with Crippen LogP contribution in [0.4, 0.5) is 0 Å². The maximum absolute atomic E-state index is 13.1. The van der Waals surface area contributed by atoms with E-state index in [2.05, 4.69) is 55.2 Å². The van der Waals surface area contributed by atoms with Crippen molar-refractivity contribution in [3.8, 4) is 0 Å². The summed E-state index contributed by atoms with van der Waals surface area (Å²) in [4.78, 5) is 20.0. The third-order valence-electron chi connectivity index (χ3n) is 4.63. The fourth-order valence-electron chi connectivity index (χ4n) is 2.97. The van der Waals surface area contributed by atoms with Gasteiger partial charge in [0.05, 0.1) is 11.3 Å². The zero-order valence-electron chi connectivity index (χ0n) is 17.6. The minimum atomic E-state index is -0.00251. The summed E-state index contributed by atoms with van der Waals surface area (Å²) in [6.07, 6.45) is 0. The van der Waals surface area contributed by atoms with Gasteiger partial charge in [-0.15, -0.1) is 11.8 Å². The Labute approximate surface area is 176 Å². The third-order valence-corrected chi connectivity index (χ3v) is 5.70. The van der Waals surface area contributed by atoms with E-state index < -0.39 is 0 Å². The van der Waals surface area contributed by atoms with Crippen molar-refractivity contribution in [2.24, 2.45) is 0 Å². The molecule has 0 N–H and O–H groups in total. The Hall–Kier alpha value is -2.60. The number of benzene rings is 2. The molecule has 29 heavy (non-hydrogen) atoms. The number of carbonyl (C=O) groups excluding carboxylic acids is 1. The van der Waals surface area contributed by atoms with Crippen molar-refractivity contribution >= 4 is 17.7 Å². The topological polar surface area (TPSA) is 59.2 Å². The number of nitrogens with zero attached hydrogens (tertiary/aromatic N) is 3. The van der Waals surface area contributed by atoms with Crippen LogP contribution >= 0.6 is 11.8 Å². The van der Waals surface area contributed by atoms with Crippen LogP contribution in [0, 0.1) is 6.92 Å². The van der Waals surface area contributed by atoms with E-state index in [1.807, 2.05) is 31.3 Å². The molecule has 5 nitrogen and oxygen atoms in total. The first-order valence-corrected chi connectivity index (χ1v) is 10.6. The number of rotatable bonds is 6. The first-order valence-electron chi connectivity index (χ1n) is 9.60. The van der Waals surface area contributed by atoms with E-state index in [4.69, 9.17) is 4.52 Å². The minimum Gasteiger partial charge on any atom is -0.340 e. The van der Waals surface area contributed by atoms with Gasteiger partial charge >= 0.3 is 0 Å². The number of thioether (sulfide) groups is 1. The van der Waals surface area contributed by atoms with E-state index in [0.29, 0.717) is 29.6 Å². The summed E-state index contributed by atoms with van der Waals surface area (Å²) in [5, 5.41) is 3.92. The first kappa shape index (κ1) is 21.1. The summed E-state index contributed by atoms with van der Waals surface area (Å²) in [5.74, 6) is 1.72. The summed E-state index contributed by atoms with van der Waals surface area (Å²) in [6, 6.07) is 16.1. The van der Waals surface area contributed by atoms with Gasteiger partial charge in [0.25, 0.3) is 5.91 Å². The normalized spacial score (nSPS) is 11.5. The summed E-state index contributed by atoms with van der Waals surface area (Å²) in [7, 11) is 1.84. The summed E-state index contributed by atoms with van der Waals surface area (Å²) >= 11 is 1.54. The lowest BCUT2D eigenvalue weighted by Crippen LogP contribution is -2.26. The van der Waals surface area contributed by atoms with Gasteiger partial charge in [-0.05, 0) is 28.7 Å². The molecular formula is C23H27N3O2S. The summed E-state index contributed by atoms with van der Waals surface area (Å²) in [6.45, 7) is 8.92. The standard InChI is InChI=1S/C23H27N3O2S/c1-16-24-21(25-28-16)15-29-20-9-7-6-8-19(20)22(27)26(5)14-17-10-12-18(13-11-17)23(2,3)4/h6-13H,14-15H2,1-5H3. The van der Waals surface area contributed by atoms with Crippen LogP contribution in [0.2, 0.25) is 0 Å². The van der Waals surface area contributed by atoms with E-state index in [-0.39, 0.29) is 11.3 Å². The monoisotopic (exact) mass is 409 g/mol. The third kappa shape index (κ3) is 5.48. The Morgan fingerprint density at radius 2 is 1.79 bits per heavy atom. The van der Waals surface area contributed by atoms with Crippen LogP contribution in [-0.2, 0) is 17.7 Å². The lowest BCUT2D eigenvalue weighted by Gasteiger charge is -2.21. The van der Waals surface area contributed by atoms with Crippen molar-refractivity contribution < 1.29 is 9.32 Å². The number of aromatic nitrogens is 2. The Kier molecular flexibility index (Phi) is 6.42. The Balaban J connectivity index is 1.69. The second kappa shape index (κ2) is 8.82. The van der Waals surface area contributed by atoms with E-state index in [0.717, 1.165) is 10.5 Å². The molecule has 2 aromatic carbocycles. The molecule has 0 bridgehead atoms. The predicted octanol–water partition coefficient (Wildman–Crippen LogP) is 5.24. The van der Waals surface area contributed by atoms with Crippen LogP contribution < -0.4 is 0 Å². The lowest BCUT2D eigenvalue weighted by molar-refractivity contribution is 0.0781. The molecule has 0 saturated carbocycles. The lowest BCUT2D eigenvalue weighted by atomic mass is 9.87. The Morgan fingerprint density at radius 3 is 2.41 bits per heavy atom. The molecule has 6 heteroatoms. The van der Waals surface area contributed by atoms with Crippen molar-refractivity contribution in [2.75, 3.05) is 7.05 Å². The van der Waals surface area contributed by atoms with Crippen LogP contribution in [-0.4, -0.2) is 28.0 Å². The van der Waals surface area contributed by atoms with Crippen molar-refractivity contribution in [3.05, 3.63) is 76.9 Å². The van der Waals surface area contributed by atoms with E-state index >= 15 is 0 Å². The van der Waals surface area contributed by atoms with E-state index in [1.165, 1.54) is 17.3 Å². The molecule has 0 spiro atoms. The highest BCUT2D eigenvalue weighted by Gasteiger charge is 2.18. The smallest absolute Gasteiger partial charge is 0.255 e. The zero-order valence-corrected chi connectivity index (χ0v) is 18.4. The predicted molar refractivity (Wildman–Crippen MR) is 116 cm³/mol.